The fraction of sp³-hybridized carbons (Fsp3) is 0.100. The molecule has 104 valence electrons. The molecule has 0 bridgehead atoms. The van der Waals surface area contributed by atoms with Crippen LogP contribution >= 0.6 is 0 Å². The minimum Gasteiger partial charge on any atom is -0.478 e. The number of aromatic nitrogens is 4. The van der Waals surface area contributed by atoms with Crippen LogP contribution in [0.25, 0.3) is 0 Å². The average Bonchev–Trinajstić information content (AvgIpc) is 2.91. The smallest absolute Gasteiger partial charge is 0.338 e. The third-order valence-corrected chi connectivity index (χ3v) is 2.25. The lowest BCUT2D eigenvalue weighted by Gasteiger charge is -2.07. The predicted molar refractivity (Wildman–Crippen MR) is 63.4 cm³/mol. The first-order valence-electron chi connectivity index (χ1n) is 5.36. The van der Waals surface area contributed by atoms with Gasteiger partial charge in [0.25, 0.3) is 0 Å². The summed E-state index contributed by atoms with van der Waals surface area (Å²) in [5, 5.41) is 26.3. The van der Waals surface area contributed by atoms with Crippen molar-refractivity contribution < 1.29 is 19.1 Å². The standard InChI is InChI=1S/C10H9FN6O3/c11-7-2-1-5(3-6(7)9(18)19)13-10(20)12-4-8-14-16-17-15-8/h1-3H,4H2,(H,18,19)(H2,12,13,20)(H,14,15,16,17). The lowest BCUT2D eigenvalue weighted by molar-refractivity contribution is 0.0692. The van der Waals surface area contributed by atoms with Crippen LogP contribution in [0.1, 0.15) is 16.2 Å². The number of urea groups is 1. The van der Waals surface area contributed by atoms with Gasteiger partial charge >= 0.3 is 12.0 Å². The molecule has 20 heavy (non-hydrogen) atoms. The van der Waals surface area contributed by atoms with Crippen molar-refractivity contribution in [3.05, 3.63) is 35.4 Å². The van der Waals surface area contributed by atoms with Gasteiger partial charge in [0.15, 0.2) is 5.82 Å². The number of carbonyl (C=O) groups is 2. The second-order valence-electron chi connectivity index (χ2n) is 3.64. The van der Waals surface area contributed by atoms with Crippen LogP contribution in [0, 0.1) is 5.82 Å². The van der Waals surface area contributed by atoms with Crippen molar-refractivity contribution in [1.29, 1.82) is 0 Å². The van der Waals surface area contributed by atoms with E-state index >= 15 is 0 Å². The maximum absolute atomic E-state index is 13.2. The van der Waals surface area contributed by atoms with E-state index in [2.05, 4.69) is 31.3 Å². The van der Waals surface area contributed by atoms with Crippen LogP contribution in [0.4, 0.5) is 14.9 Å². The molecule has 0 saturated carbocycles. The van der Waals surface area contributed by atoms with Gasteiger partial charge in [-0.1, -0.05) is 5.21 Å². The first-order valence-corrected chi connectivity index (χ1v) is 5.36. The van der Waals surface area contributed by atoms with Gasteiger partial charge in [-0.2, -0.15) is 5.21 Å². The molecule has 1 aromatic heterocycles. The van der Waals surface area contributed by atoms with E-state index in [0.717, 1.165) is 12.1 Å². The molecule has 0 radical (unpaired) electrons. The molecule has 2 aromatic rings. The number of hydrogen-bond acceptors (Lipinski definition) is 5. The molecule has 0 fully saturated rings. The highest BCUT2D eigenvalue weighted by Crippen LogP contribution is 2.14. The molecule has 2 amide bonds. The Kier molecular flexibility index (Phi) is 3.84. The molecule has 2 rings (SSSR count). The average molecular weight is 280 g/mol. The Labute approximate surface area is 111 Å². The first-order chi connectivity index (χ1) is 9.56. The van der Waals surface area contributed by atoms with Crippen molar-refractivity contribution in [2.75, 3.05) is 5.32 Å². The SMILES string of the molecule is O=C(NCc1nn[nH]n1)Nc1ccc(F)c(C(=O)O)c1. The van der Waals surface area contributed by atoms with E-state index in [4.69, 9.17) is 5.11 Å². The highest BCUT2D eigenvalue weighted by molar-refractivity contribution is 5.93. The van der Waals surface area contributed by atoms with Gasteiger partial charge in [-0.3, -0.25) is 0 Å². The highest BCUT2D eigenvalue weighted by Gasteiger charge is 2.12. The number of carboxylic acids is 1. The highest BCUT2D eigenvalue weighted by atomic mass is 19.1. The number of carbonyl (C=O) groups excluding carboxylic acids is 1. The number of nitrogens with zero attached hydrogens (tertiary/aromatic N) is 3. The predicted octanol–water partition coefficient (Wildman–Crippen LogP) is 0.359. The number of hydrogen-bond donors (Lipinski definition) is 4. The molecule has 1 heterocycles. The summed E-state index contributed by atoms with van der Waals surface area (Å²) in [7, 11) is 0. The molecular weight excluding hydrogens is 271 g/mol. The molecule has 0 aliphatic rings. The van der Waals surface area contributed by atoms with E-state index in [0.29, 0.717) is 0 Å². The van der Waals surface area contributed by atoms with Gasteiger partial charge in [-0.25, -0.2) is 14.0 Å². The maximum Gasteiger partial charge on any atom is 0.338 e. The molecule has 9 nitrogen and oxygen atoms in total. The van der Waals surface area contributed by atoms with Crippen LogP contribution in [-0.4, -0.2) is 37.7 Å². The number of benzene rings is 1. The zero-order valence-electron chi connectivity index (χ0n) is 9.92. The Balaban J connectivity index is 1.97. The lowest BCUT2D eigenvalue weighted by Crippen LogP contribution is -2.28. The molecule has 0 aliphatic carbocycles. The molecule has 0 aliphatic heterocycles. The van der Waals surface area contributed by atoms with Gasteiger partial charge in [0.2, 0.25) is 0 Å². The molecule has 0 spiro atoms. The summed E-state index contributed by atoms with van der Waals surface area (Å²) in [5.74, 6) is -2.01. The molecule has 0 unspecified atom stereocenters. The number of H-pyrrole nitrogens is 1. The van der Waals surface area contributed by atoms with Gasteiger partial charge in [-0.05, 0) is 18.2 Å². The van der Waals surface area contributed by atoms with Crippen molar-refractivity contribution >= 4 is 17.7 Å². The quantitative estimate of drug-likeness (QED) is 0.639. The van der Waals surface area contributed by atoms with E-state index in [1.165, 1.54) is 6.07 Å². The number of nitrogens with one attached hydrogen (secondary N) is 3. The summed E-state index contributed by atoms with van der Waals surface area (Å²) in [6.07, 6.45) is 0. The number of rotatable bonds is 4. The van der Waals surface area contributed by atoms with Crippen LogP contribution in [0.5, 0.6) is 0 Å². The van der Waals surface area contributed by atoms with Crippen LogP contribution in [0.3, 0.4) is 0 Å². The Bertz CT molecular complexity index is 630. The number of aromatic carboxylic acids is 1. The lowest BCUT2D eigenvalue weighted by atomic mass is 10.2. The number of amides is 2. The fourth-order valence-corrected chi connectivity index (χ4v) is 1.36. The van der Waals surface area contributed by atoms with Crippen molar-refractivity contribution in [2.24, 2.45) is 0 Å². The minimum absolute atomic E-state index is 0.0370. The zero-order valence-corrected chi connectivity index (χ0v) is 9.92. The second kappa shape index (κ2) is 5.73. The Morgan fingerprint density at radius 1 is 1.40 bits per heavy atom. The molecule has 0 atom stereocenters. The fourth-order valence-electron chi connectivity index (χ4n) is 1.36. The van der Waals surface area contributed by atoms with Gasteiger partial charge < -0.3 is 15.7 Å². The van der Waals surface area contributed by atoms with Crippen LogP contribution in [0.15, 0.2) is 18.2 Å². The third kappa shape index (κ3) is 3.25. The largest absolute Gasteiger partial charge is 0.478 e. The second-order valence-corrected chi connectivity index (χ2v) is 3.64. The minimum atomic E-state index is -1.42. The van der Waals surface area contributed by atoms with Crippen molar-refractivity contribution in [1.82, 2.24) is 25.9 Å². The first kappa shape index (κ1) is 13.4. The molecule has 1 aromatic carbocycles. The molecular formula is C10H9FN6O3. The Hall–Kier alpha value is -3.04. The monoisotopic (exact) mass is 280 g/mol. The van der Waals surface area contributed by atoms with Crippen LogP contribution in [0.2, 0.25) is 0 Å². The van der Waals surface area contributed by atoms with Crippen molar-refractivity contribution in [2.45, 2.75) is 6.54 Å². The normalized spacial score (nSPS) is 10.1. The van der Waals surface area contributed by atoms with E-state index in [9.17, 15) is 14.0 Å². The van der Waals surface area contributed by atoms with Crippen molar-refractivity contribution in [3.8, 4) is 0 Å². The number of anilines is 1. The Morgan fingerprint density at radius 2 is 2.20 bits per heavy atom. The summed E-state index contributed by atoms with van der Waals surface area (Å²) in [5.41, 5.74) is -0.379. The van der Waals surface area contributed by atoms with E-state index in [1.807, 2.05) is 0 Å². The van der Waals surface area contributed by atoms with Gasteiger partial charge in [0, 0.05) is 5.69 Å². The number of halogens is 1. The van der Waals surface area contributed by atoms with Gasteiger partial charge in [0.05, 0.1) is 12.1 Å². The molecule has 0 saturated heterocycles. The van der Waals surface area contributed by atoms with Crippen LogP contribution < -0.4 is 10.6 Å². The summed E-state index contributed by atoms with van der Waals surface area (Å²) >= 11 is 0. The van der Waals surface area contributed by atoms with Crippen LogP contribution in [-0.2, 0) is 6.54 Å². The summed E-state index contributed by atoms with van der Waals surface area (Å²) < 4.78 is 13.2. The van der Waals surface area contributed by atoms with E-state index < -0.39 is 23.4 Å². The summed E-state index contributed by atoms with van der Waals surface area (Å²) in [6, 6.07) is 2.61. The van der Waals surface area contributed by atoms with Gasteiger partial charge in [0.1, 0.15) is 5.82 Å². The molecule has 10 heteroatoms. The van der Waals surface area contributed by atoms with E-state index in [-0.39, 0.29) is 18.1 Å². The van der Waals surface area contributed by atoms with E-state index in [1.54, 1.807) is 0 Å². The molecule has 4 N–H and O–H groups in total. The Morgan fingerprint density at radius 3 is 2.85 bits per heavy atom. The third-order valence-electron chi connectivity index (χ3n) is 2.25. The zero-order chi connectivity index (χ0) is 14.5. The number of tetrazole rings is 1. The summed E-state index contributed by atoms with van der Waals surface area (Å²) in [6.45, 7) is 0.0370. The maximum atomic E-state index is 13.2. The number of aromatic amines is 1. The summed E-state index contributed by atoms with van der Waals surface area (Å²) in [4.78, 5) is 22.3. The van der Waals surface area contributed by atoms with Crippen molar-refractivity contribution in [3.63, 3.8) is 0 Å². The van der Waals surface area contributed by atoms with Gasteiger partial charge in [-0.15, -0.1) is 10.2 Å². The number of carboxylic acid groups (broad SMARTS) is 1. The topological polar surface area (TPSA) is 133 Å².